The zero-order valence-electron chi connectivity index (χ0n) is 9.26. The van der Waals surface area contributed by atoms with Gasteiger partial charge in [-0.2, -0.15) is 0 Å². The van der Waals surface area contributed by atoms with Crippen LogP contribution < -0.4 is 10.6 Å². The molecule has 0 aromatic heterocycles. The lowest BCUT2D eigenvalue weighted by atomic mass is 10.1. The van der Waals surface area contributed by atoms with E-state index in [-0.39, 0.29) is 0 Å². The molecule has 0 radical (unpaired) electrons. The van der Waals surface area contributed by atoms with E-state index >= 15 is 0 Å². The highest BCUT2D eigenvalue weighted by molar-refractivity contribution is 4.90. The Morgan fingerprint density at radius 2 is 2.07 bits per heavy atom. The standard InChI is InChI=1S/C11H23N3/c1-12-10-4-2-5-11(10)14-8-3-6-13-7-9-14/h10-13H,2-9H2,1H3. The van der Waals surface area contributed by atoms with E-state index in [9.17, 15) is 0 Å². The van der Waals surface area contributed by atoms with Crippen molar-refractivity contribution in [2.24, 2.45) is 0 Å². The maximum absolute atomic E-state index is 3.47. The summed E-state index contributed by atoms with van der Waals surface area (Å²) in [6, 6.07) is 1.55. The molecule has 2 aliphatic rings. The lowest BCUT2D eigenvalue weighted by Crippen LogP contribution is -2.47. The molecule has 0 amide bonds. The molecule has 82 valence electrons. The first-order valence-corrected chi connectivity index (χ1v) is 6.04. The summed E-state index contributed by atoms with van der Waals surface area (Å²) < 4.78 is 0. The summed E-state index contributed by atoms with van der Waals surface area (Å²) in [4.78, 5) is 2.69. The second kappa shape index (κ2) is 5.10. The van der Waals surface area contributed by atoms with Crippen molar-refractivity contribution in [3.8, 4) is 0 Å². The van der Waals surface area contributed by atoms with Gasteiger partial charge in [-0.1, -0.05) is 6.42 Å². The van der Waals surface area contributed by atoms with E-state index in [2.05, 4.69) is 22.6 Å². The van der Waals surface area contributed by atoms with Crippen molar-refractivity contribution >= 4 is 0 Å². The summed E-state index contributed by atoms with van der Waals surface area (Å²) in [7, 11) is 2.11. The highest BCUT2D eigenvalue weighted by Gasteiger charge is 2.30. The molecular formula is C11H23N3. The normalized spacial score (nSPS) is 35.8. The van der Waals surface area contributed by atoms with E-state index in [0.29, 0.717) is 0 Å². The van der Waals surface area contributed by atoms with Crippen molar-refractivity contribution in [3.05, 3.63) is 0 Å². The maximum atomic E-state index is 3.47. The summed E-state index contributed by atoms with van der Waals surface area (Å²) in [6.45, 7) is 4.90. The van der Waals surface area contributed by atoms with E-state index in [4.69, 9.17) is 0 Å². The van der Waals surface area contributed by atoms with Crippen LogP contribution in [0.2, 0.25) is 0 Å². The predicted octanol–water partition coefficient (Wildman–Crippen LogP) is 0.422. The van der Waals surface area contributed by atoms with Crippen LogP contribution in [-0.4, -0.2) is 50.2 Å². The number of nitrogens with zero attached hydrogens (tertiary/aromatic N) is 1. The second-order valence-electron chi connectivity index (χ2n) is 4.53. The lowest BCUT2D eigenvalue weighted by molar-refractivity contribution is 0.186. The van der Waals surface area contributed by atoms with E-state index in [0.717, 1.165) is 12.1 Å². The van der Waals surface area contributed by atoms with Crippen LogP contribution in [0.3, 0.4) is 0 Å². The molecular weight excluding hydrogens is 174 g/mol. The highest BCUT2D eigenvalue weighted by atomic mass is 15.2. The fourth-order valence-electron chi connectivity index (χ4n) is 2.91. The van der Waals surface area contributed by atoms with Crippen molar-refractivity contribution in [2.75, 3.05) is 33.2 Å². The van der Waals surface area contributed by atoms with E-state index in [1.165, 1.54) is 51.9 Å². The minimum absolute atomic E-state index is 0.744. The molecule has 2 N–H and O–H groups in total. The second-order valence-corrected chi connectivity index (χ2v) is 4.53. The molecule has 0 aromatic rings. The average molecular weight is 197 g/mol. The number of likely N-dealkylation sites (N-methyl/N-ethyl adjacent to an activating group) is 1. The lowest BCUT2D eigenvalue weighted by Gasteiger charge is -2.31. The van der Waals surface area contributed by atoms with Gasteiger partial charge >= 0.3 is 0 Å². The zero-order chi connectivity index (χ0) is 9.80. The zero-order valence-corrected chi connectivity index (χ0v) is 9.26. The van der Waals surface area contributed by atoms with Crippen LogP contribution in [0.1, 0.15) is 25.7 Å². The molecule has 1 aliphatic carbocycles. The Kier molecular flexibility index (Phi) is 3.79. The molecule has 0 bridgehead atoms. The highest BCUT2D eigenvalue weighted by Crippen LogP contribution is 2.24. The van der Waals surface area contributed by atoms with Gasteiger partial charge in [0.15, 0.2) is 0 Å². The van der Waals surface area contributed by atoms with Gasteiger partial charge in [-0.05, 0) is 39.4 Å². The van der Waals surface area contributed by atoms with E-state index < -0.39 is 0 Å². The molecule has 2 unspecified atom stereocenters. The Balaban J connectivity index is 1.91. The Bertz CT molecular complexity index is 164. The number of hydrogen-bond donors (Lipinski definition) is 2. The van der Waals surface area contributed by atoms with Crippen molar-refractivity contribution < 1.29 is 0 Å². The molecule has 3 heteroatoms. The van der Waals surface area contributed by atoms with Gasteiger partial charge in [-0.25, -0.2) is 0 Å². The fourth-order valence-corrected chi connectivity index (χ4v) is 2.91. The summed E-state index contributed by atoms with van der Waals surface area (Å²) in [5.74, 6) is 0. The van der Waals surface area contributed by atoms with Crippen LogP contribution in [0, 0.1) is 0 Å². The van der Waals surface area contributed by atoms with Crippen LogP contribution in [0.5, 0.6) is 0 Å². The quantitative estimate of drug-likeness (QED) is 0.672. The van der Waals surface area contributed by atoms with Crippen molar-refractivity contribution in [3.63, 3.8) is 0 Å². The predicted molar refractivity (Wildman–Crippen MR) is 59.5 cm³/mol. The third kappa shape index (κ3) is 2.27. The van der Waals surface area contributed by atoms with Gasteiger partial charge in [-0.15, -0.1) is 0 Å². The average Bonchev–Trinajstić information content (AvgIpc) is 2.52. The van der Waals surface area contributed by atoms with Crippen molar-refractivity contribution in [1.29, 1.82) is 0 Å². The van der Waals surface area contributed by atoms with Gasteiger partial charge in [0.2, 0.25) is 0 Å². The van der Waals surface area contributed by atoms with Crippen molar-refractivity contribution in [1.82, 2.24) is 15.5 Å². The largest absolute Gasteiger partial charge is 0.315 e. The van der Waals surface area contributed by atoms with Gasteiger partial charge in [-0.3, -0.25) is 4.90 Å². The van der Waals surface area contributed by atoms with Gasteiger partial charge in [0.1, 0.15) is 0 Å². The fraction of sp³-hybridized carbons (Fsp3) is 1.00. The Morgan fingerprint density at radius 3 is 2.93 bits per heavy atom. The Hall–Kier alpha value is -0.120. The molecule has 14 heavy (non-hydrogen) atoms. The third-order valence-electron chi connectivity index (χ3n) is 3.69. The summed E-state index contributed by atoms with van der Waals surface area (Å²) in [5, 5.41) is 6.94. The molecule has 2 fully saturated rings. The smallest absolute Gasteiger partial charge is 0.0249 e. The summed E-state index contributed by atoms with van der Waals surface area (Å²) in [6.07, 6.45) is 5.48. The first kappa shape index (κ1) is 10.4. The molecule has 2 atom stereocenters. The van der Waals surface area contributed by atoms with Crippen LogP contribution >= 0.6 is 0 Å². The molecule has 1 aliphatic heterocycles. The van der Waals surface area contributed by atoms with Crippen molar-refractivity contribution in [2.45, 2.75) is 37.8 Å². The Morgan fingerprint density at radius 1 is 1.14 bits per heavy atom. The monoisotopic (exact) mass is 197 g/mol. The first-order chi connectivity index (χ1) is 6.92. The minimum Gasteiger partial charge on any atom is -0.315 e. The molecule has 1 saturated carbocycles. The number of rotatable bonds is 2. The molecule has 3 nitrogen and oxygen atoms in total. The molecule has 0 spiro atoms. The van der Waals surface area contributed by atoms with E-state index in [1.54, 1.807) is 0 Å². The third-order valence-corrected chi connectivity index (χ3v) is 3.69. The van der Waals surface area contributed by atoms with E-state index in [1.807, 2.05) is 0 Å². The number of nitrogens with one attached hydrogen (secondary N) is 2. The molecule has 0 aromatic carbocycles. The summed E-state index contributed by atoms with van der Waals surface area (Å²) >= 11 is 0. The number of hydrogen-bond acceptors (Lipinski definition) is 3. The molecule has 1 saturated heterocycles. The van der Waals surface area contributed by atoms with Crippen LogP contribution in [0.4, 0.5) is 0 Å². The van der Waals surface area contributed by atoms with Gasteiger partial charge in [0.05, 0.1) is 0 Å². The van der Waals surface area contributed by atoms with Crippen LogP contribution in [0.25, 0.3) is 0 Å². The minimum atomic E-state index is 0.744. The van der Waals surface area contributed by atoms with Gasteiger partial charge in [0, 0.05) is 25.2 Å². The van der Waals surface area contributed by atoms with Crippen LogP contribution in [0.15, 0.2) is 0 Å². The maximum Gasteiger partial charge on any atom is 0.0249 e. The van der Waals surface area contributed by atoms with Gasteiger partial charge in [0.25, 0.3) is 0 Å². The molecule has 1 heterocycles. The SMILES string of the molecule is CNC1CCCC1N1CCCNCC1. The summed E-state index contributed by atoms with van der Waals surface area (Å²) in [5.41, 5.74) is 0. The topological polar surface area (TPSA) is 27.3 Å². The first-order valence-electron chi connectivity index (χ1n) is 6.04. The van der Waals surface area contributed by atoms with Gasteiger partial charge < -0.3 is 10.6 Å². The Labute approximate surface area is 87.2 Å². The molecule has 2 rings (SSSR count). The van der Waals surface area contributed by atoms with Crippen LogP contribution in [-0.2, 0) is 0 Å².